The Morgan fingerprint density at radius 1 is 1.21 bits per heavy atom. The number of hydrogen-bond acceptors (Lipinski definition) is 4. The van der Waals surface area contributed by atoms with Crippen LogP contribution in [0.2, 0.25) is 5.02 Å². The first kappa shape index (κ1) is 19.0. The lowest BCUT2D eigenvalue weighted by atomic mass is 9.89. The fourth-order valence-electron chi connectivity index (χ4n) is 4.81. The zero-order chi connectivity index (χ0) is 20.2. The number of alkyl halides is 3. The topological polar surface area (TPSA) is 36.5 Å². The van der Waals surface area contributed by atoms with Gasteiger partial charge in [0.2, 0.25) is 0 Å². The third kappa shape index (κ3) is 3.35. The number of nitrogens with one attached hydrogen (secondary N) is 2. The van der Waals surface area contributed by atoms with E-state index in [4.69, 9.17) is 16.3 Å². The van der Waals surface area contributed by atoms with E-state index in [9.17, 15) is 13.2 Å². The number of nitrogens with zero attached hydrogens (tertiary/aromatic N) is 1. The van der Waals surface area contributed by atoms with Gasteiger partial charge in [-0.05, 0) is 48.9 Å². The molecule has 3 aliphatic rings. The van der Waals surface area contributed by atoms with E-state index in [0.717, 1.165) is 49.4 Å². The van der Waals surface area contributed by atoms with Crippen LogP contribution < -0.4 is 15.5 Å². The highest BCUT2D eigenvalue weighted by Gasteiger charge is 2.42. The van der Waals surface area contributed by atoms with Crippen LogP contribution in [0.5, 0.6) is 0 Å². The van der Waals surface area contributed by atoms with Gasteiger partial charge < -0.3 is 20.3 Å². The fourth-order valence-corrected chi connectivity index (χ4v) is 4.98. The van der Waals surface area contributed by atoms with E-state index < -0.39 is 11.7 Å². The highest BCUT2D eigenvalue weighted by atomic mass is 35.5. The van der Waals surface area contributed by atoms with Crippen LogP contribution in [0.25, 0.3) is 0 Å². The minimum Gasteiger partial charge on any atom is -0.375 e. The molecule has 0 spiro atoms. The molecule has 2 atom stereocenters. The molecular weight excluding hydrogens is 403 g/mol. The van der Waals surface area contributed by atoms with Gasteiger partial charge in [-0.2, -0.15) is 13.2 Å². The molecule has 8 heteroatoms. The summed E-state index contributed by atoms with van der Waals surface area (Å²) in [4.78, 5) is 2.46. The lowest BCUT2D eigenvalue weighted by Gasteiger charge is -2.33. The SMILES string of the molecule is FC(F)(F)c1ccc(Cl)c(Nc2cc3c4c(c2)[C@@H]2CNCC[C@@H]2N4CCOC3)c1. The molecule has 0 unspecified atom stereocenters. The summed E-state index contributed by atoms with van der Waals surface area (Å²) in [7, 11) is 0. The Bertz CT molecular complexity index is 949. The summed E-state index contributed by atoms with van der Waals surface area (Å²) < 4.78 is 45.1. The van der Waals surface area contributed by atoms with Crippen molar-refractivity contribution in [3.05, 3.63) is 52.0 Å². The van der Waals surface area contributed by atoms with E-state index in [2.05, 4.69) is 21.6 Å². The summed E-state index contributed by atoms with van der Waals surface area (Å²) in [5.41, 5.74) is 3.79. The quantitative estimate of drug-likeness (QED) is 0.720. The lowest BCUT2D eigenvalue weighted by molar-refractivity contribution is -0.137. The Hall–Kier alpha value is -1.96. The van der Waals surface area contributed by atoms with E-state index in [0.29, 0.717) is 25.2 Å². The number of piperidine rings is 1. The highest BCUT2D eigenvalue weighted by Crippen LogP contribution is 2.48. The first-order valence-corrected chi connectivity index (χ1v) is 10.2. The van der Waals surface area contributed by atoms with Gasteiger partial charge in [-0.25, -0.2) is 0 Å². The molecule has 29 heavy (non-hydrogen) atoms. The Morgan fingerprint density at radius 3 is 2.90 bits per heavy atom. The largest absolute Gasteiger partial charge is 0.416 e. The monoisotopic (exact) mass is 423 g/mol. The average Bonchev–Trinajstić information content (AvgIpc) is 2.84. The minimum absolute atomic E-state index is 0.247. The van der Waals surface area contributed by atoms with E-state index in [1.165, 1.54) is 17.3 Å². The van der Waals surface area contributed by atoms with Gasteiger partial charge >= 0.3 is 6.18 Å². The standard InChI is InChI=1S/C21H21ClF3N3O/c22-17-2-1-13(21(23,24)25)8-18(17)27-14-7-12-11-29-6-5-28-19-3-4-26-10-16(19)15(9-14)20(12)28/h1-2,7-9,16,19,26-27H,3-6,10-11H2/t16-,19-/m0/s1. The summed E-state index contributed by atoms with van der Waals surface area (Å²) in [5, 5.41) is 6.84. The maximum absolute atomic E-state index is 13.1. The van der Waals surface area contributed by atoms with Crippen molar-refractivity contribution in [1.29, 1.82) is 0 Å². The van der Waals surface area contributed by atoms with Crippen LogP contribution in [0.4, 0.5) is 30.2 Å². The lowest BCUT2D eigenvalue weighted by Crippen LogP contribution is -2.44. The molecule has 0 radical (unpaired) electrons. The molecule has 1 fully saturated rings. The predicted molar refractivity (Wildman–Crippen MR) is 107 cm³/mol. The van der Waals surface area contributed by atoms with Crippen molar-refractivity contribution in [3.8, 4) is 0 Å². The van der Waals surface area contributed by atoms with Gasteiger partial charge in [-0.3, -0.25) is 0 Å². The molecule has 5 rings (SSSR count). The molecule has 0 bridgehead atoms. The third-order valence-electron chi connectivity index (χ3n) is 6.06. The first-order valence-electron chi connectivity index (χ1n) is 9.77. The summed E-state index contributed by atoms with van der Waals surface area (Å²) in [6.45, 7) is 3.94. The molecule has 0 saturated carbocycles. The normalized spacial score (nSPS) is 23.4. The Morgan fingerprint density at radius 2 is 2.07 bits per heavy atom. The van der Waals surface area contributed by atoms with Crippen LogP contribution >= 0.6 is 11.6 Å². The van der Waals surface area contributed by atoms with E-state index >= 15 is 0 Å². The average molecular weight is 424 g/mol. The van der Waals surface area contributed by atoms with Gasteiger partial charge in [0.05, 0.1) is 29.5 Å². The van der Waals surface area contributed by atoms with Crippen LogP contribution in [0.3, 0.4) is 0 Å². The molecule has 2 N–H and O–H groups in total. The van der Waals surface area contributed by atoms with Crippen LogP contribution in [0.15, 0.2) is 30.3 Å². The zero-order valence-electron chi connectivity index (χ0n) is 15.7. The molecular formula is C21H21ClF3N3O. The molecule has 154 valence electrons. The number of fused-ring (bicyclic) bond motifs is 3. The van der Waals surface area contributed by atoms with Gasteiger partial charge in [0, 0.05) is 42.0 Å². The first-order chi connectivity index (χ1) is 13.9. The Balaban J connectivity index is 1.55. The number of ether oxygens (including phenoxy) is 1. The van der Waals surface area contributed by atoms with Gasteiger partial charge in [-0.1, -0.05) is 11.6 Å². The van der Waals surface area contributed by atoms with Crippen LogP contribution in [-0.4, -0.2) is 32.3 Å². The maximum atomic E-state index is 13.1. The second-order valence-corrected chi connectivity index (χ2v) is 8.21. The van der Waals surface area contributed by atoms with Crippen molar-refractivity contribution >= 4 is 28.7 Å². The van der Waals surface area contributed by atoms with Gasteiger partial charge in [-0.15, -0.1) is 0 Å². The molecule has 3 aliphatic heterocycles. The van der Waals surface area contributed by atoms with Crippen LogP contribution in [0.1, 0.15) is 29.0 Å². The zero-order valence-corrected chi connectivity index (χ0v) is 16.4. The summed E-state index contributed by atoms with van der Waals surface area (Å²) in [6, 6.07) is 7.80. The van der Waals surface area contributed by atoms with Crippen molar-refractivity contribution in [2.75, 3.05) is 36.5 Å². The third-order valence-corrected chi connectivity index (χ3v) is 6.39. The summed E-state index contributed by atoms with van der Waals surface area (Å²) in [6.07, 6.45) is -3.35. The van der Waals surface area contributed by atoms with E-state index in [1.54, 1.807) is 0 Å². The molecule has 2 aromatic rings. The fraction of sp³-hybridized carbons (Fsp3) is 0.429. The molecule has 0 aromatic heterocycles. The maximum Gasteiger partial charge on any atom is 0.416 e. The molecule has 4 nitrogen and oxygen atoms in total. The van der Waals surface area contributed by atoms with Gasteiger partial charge in [0.1, 0.15) is 0 Å². The highest BCUT2D eigenvalue weighted by molar-refractivity contribution is 6.33. The number of benzene rings is 2. The van der Waals surface area contributed by atoms with Crippen molar-refractivity contribution < 1.29 is 17.9 Å². The summed E-state index contributed by atoms with van der Waals surface area (Å²) in [5.74, 6) is 0.370. The minimum atomic E-state index is -4.42. The predicted octanol–water partition coefficient (Wildman–Crippen LogP) is 4.90. The van der Waals surface area contributed by atoms with Crippen molar-refractivity contribution in [2.24, 2.45) is 0 Å². The van der Waals surface area contributed by atoms with Crippen LogP contribution in [0, 0.1) is 0 Å². The van der Waals surface area contributed by atoms with E-state index in [-0.39, 0.29) is 10.7 Å². The molecule has 0 aliphatic carbocycles. The second kappa shape index (κ2) is 7.07. The molecule has 3 heterocycles. The number of hydrogen-bond donors (Lipinski definition) is 2. The van der Waals surface area contributed by atoms with Crippen molar-refractivity contribution in [1.82, 2.24) is 5.32 Å². The Labute approximate surface area is 172 Å². The van der Waals surface area contributed by atoms with Gasteiger partial charge in [0.15, 0.2) is 0 Å². The Kier molecular flexibility index (Phi) is 4.64. The molecule has 2 aromatic carbocycles. The van der Waals surface area contributed by atoms with Crippen LogP contribution in [-0.2, 0) is 17.5 Å². The van der Waals surface area contributed by atoms with E-state index in [1.807, 2.05) is 6.07 Å². The molecule has 1 saturated heterocycles. The number of anilines is 3. The second-order valence-electron chi connectivity index (χ2n) is 7.80. The molecule has 0 amide bonds. The van der Waals surface area contributed by atoms with Crippen molar-refractivity contribution in [3.63, 3.8) is 0 Å². The smallest absolute Gasteiger partial charge is 0.375 e. The van der Waals surface area contributed by atoms with Crippen molar-refractivity contribution in [2.45, 2.75) is 31.2 Å². The van der Waals surface area contributed by atoms with Gasteiger partial charge in [0.25, 0.3) is 0 Å². The number of rotatable bonds is 2. The summed E-state index contributed by atoms with van der Waals surface area (Å²) >= 11 is 6.19. The number of halogens is 4.